The average molecular weight is 419 g/mol. The van der Waals surface area contributed by atoms with Gasteiger partial charge in [0.15, 0.2) is 0 Å². The van der Waals surface area contributed by atoms with Gasteiger partial charge >= 0.3 is 6.18 Å². The number of sulfonamides is 1. The molecule has 2 unspecified atom stereocenters. The Morgan fingerprint density at radius 2 is 2.04 bits per heavy atom. The Morgan fingerprint density at radius 1 is 1.32 bits per heavy atom. The number of benzene rings is 1. The lowest BCUT2D eigenvalue weighted by molar-refractivity contribution is -0.137. The summed E-state index contributed by atoms with van der Waals surface area (Å²) in [4.78, 5) is 0. The van der Waals surface area contributed by atoms with Crippen LogP contribution in [0.2, 0.25) is 0 Å². The lowest BCUT2D eigenvalue weighted by Crippen LogP contribution is -2.47. The largest absolute Gasteiger partial charge is 0.493 e. The number of hydrogen-bond acceptors (Lipinski definition) is 5. The van der Waals surface area contributed by atoms with Crippen molar-refractivity contribution in [1.29, 1.82) is 0 Å². The average Bonchev–Trinajstić information content (AvgIpc) is 3.11. The predicted octanol–water partition coefficient (Wildman–Crippen LogP) is 2.22. The minimum Gasteiger partial charge on any atom is -0.493 e. The quantitative estimate of drug-likeness (QED) is 0.777. The van der Waals surface area contributed by atoms with Gasteiger partial charge in [-0.25, -0.2) is 17.8 Å². The summed E-state index contributed by atoms with van der Waals surface area (Å²) in [6, 6.07) is 6.14. The fraction of sp³-hybridized carbons (Fsp3) is 0.471. The number of nitrogens with zero attached hydrogens (tertiary/aromatic N) is 2. The molecule has 154 valence electrons. The number of alkyl halides is 3. The Morgan fingerprint density at radius 3 is 2.64 bits per heavy atom. The second-order valence-electron chi connectivity index (χ2n) is 6.60. The molecule has 2 heterocycles. The number of nitrogens with one attached hydrogen (secondary N) is 1. The summed E-state index contributed by atoms with van der Waals surface area (Å²) in [6.45, 7) is 1.09. The summed E-state index contributed by atoms with van der Waals surface area (Å²) >= 11 is 0. The summed E-state index contributed by atoms with van der Waals surface area (Å²) in [6.07, 6.45) is -1.10. The second kappa shape index (κ2) is 8.10. The van der Waals surface area contributed by atoms with Crippen LogP contribution in [0.4, 0.5) is 13.2 Å². The molecule has 3 rings (SSSR count). The van der Waals surface area contributed by atoms with Crippen LogP contribution in [0, 0.1) is 5.92 Å². The van der Waals surface area contributed by atoms with Gasteiger partial charge in [0, 0.05) is 24.8 Å². The van der Waals surface area contributed by atoms with Crippen LogP contribution in [0.25, 0.3) is 5.69 Å². The summed E-state index contributed by atoms with van der Waals surface area (Å²) in [5.74, 6) is 0.360. The zero-order valence-corrected chi connectivity index (χ0v) is 15.8. The number of hydrogen-bond donors (Lipinski definition) is 1. The minimum atomic E-state index is -4.44. The second-order valence-corrected chi connectivity index (χ2v) is 8.38. The monoisotopic (exact) mass is 419 g/mol. The van der Waals surface area contributed by atoms with E-state index in [0.29, 0.717) is 31.1 Å². The van der Waals surface area contributed by atoms with Crippen molar-refractivity contribution in [3.05, 3.63) is 42.2 Å². The molecule has 11 heteroatoms. The van der Waals surface area contributed by atoms with E-state index in [2.05, 4.69) is 9.82 Å². The number of rotatable bonds is 6. The molecule has 0 amide bonds. The maximum absolute atomic E-state index is 12.7. The minimum absolute atomic E-state index is 0.149. The Balaban J connectivity index is 1.62. The van der Waals surface area contributed by atoms with Gasteiger partial charge in [-0.05, 0) is 30.7 Å². The van der Waals surface area contributed by atoms with E-state index < -0.39 is 21.8 Å². The molecule has 1 saturated heterocycles. The fourth-order valence-electron chi connectivity index (χ4n) is 2.90. The lowest BCUT2D eigenvalue weighted by Gasteiger charge is -2.31. The molecular formula is C17H20F3N3O4S. The van der Waals surface area contributed by atoms with E-state index in [0.717, 1.165) is 23.3 Å². The summed E-state index contributed by atoms with van der Waals surface area (Å²) in [5.41, 5.74) is -0.366. The van der Waals surface area contributed by atoms with Gasteiger partial charge in [0.25, 0.3) is 0 Å². The molecule has 2 aromatic rings. The molecule has 7 nitrogen and oxygen atoms in total. The van der Waals surface area contributed by atoms with Crippen molar-refractivity contribution in [1.82, 2.24) is 14.5 Å². The van der Waals surface area contributed by atoms with Gasteiger partial charge in [-0.1, -0.05) is 0 Å². The standard InChI is InChI=1S/C17H20F3N3O4S/c1-28(24,25)22-16-6-7-26-10-12(16)11-27-15-4-2-14(3-5-15)23-9-13(8-21-23)17(18,19)20/h2-5,8-9,12,16,22H,6-7,10-11H2,1H3. The van der Waals surface area contributed by atoms with E-state index in [1.165, 1.54) is 0 Å². The molecule has 1 aliphatic rings. The Labute approximate surface area is 160 Å². The van der Waals surface area contributed by atoms with Crippen LogP contribution in [0.15, 0.2) is 36.7 Å². The molecule has 0 radical (unpaired) electrons. The molecule has 1 aromatic carbocycles. The van der Waals surface area contributed by atoms with Gasteiger partial charge in [0.2, 0.25) is 10.0 Å². The maximum Gasteiger partial charge on any atom is 0.419 e. The van der Waals surface area contributed by atoms with Gasteiger partial charge in [0.05, 0.1) is 36.9 Å². The zero-order chi connectivity index (χ0) is 20.4. The van der Waals surface area contributed by atoms with Crippen LogP contribution in [-0.2, 0) is 20.9 Å². The highest BCUT2D eigenvalue weighted by atomic mass is 32.2. The van der Waals surface area contributed by atoms with E-state index in [4.69, 9.17) is 9.47 Å². The highest BCUT2D eigenvalue weighted by molar-refractivity contribution is 7.88. The third-order valence-corrected chi connectivity index (χ3v) is 5.05. The fourth-order valence-corrected chi connectivity index (χ4v) is 3.76. The van der Waals surface area contributed by atoms with E-state index in [1.54, 1.807) is 24.3 Å². The van der Waals surface area contributed by atoms with Crippen molar-refractivity contribution in [3.63, 3.8) is 0 Å². The lowest BCUT2D eigenvalue weighted by atomic mass is 9.98. The van der Waals surface area contributed by atoms with E-state index >= 15 is 0 Å². The molecule has 0 saturated carbocycles. The highest BCUT2D eigenvalue weighted by Crippen LogP contribution is 2.29. The van der Waals surface area contributed by atoms with Crippen molar-refractivity contribution in [2.75, 3.05) is 26.1 Å². The molecule has 28 heavy (non-hydrogen) atoms. The van der Waals surface area contributed by atoms with E-state index in [-0.39, 0.29) is 18.6 Å². The Kier molecular flexibility index (Phi) is 5.96. The normalized spacial score (nSPS) is 20.9. The Bertz CT molecular complexity index is 897. The first-order valence-corrected chi connectivity index (χ1v) is 10.4. The smallest absolute Gasteiger partial charge is 0.419 e. The SMILES string of the molecule is CS(=O)(=O)NC1CCOCC1COc1ccc(-n2cc(C(F)(F)F)cn2)cc1. The first-order valence-electron chi connectivity index (χ1n) is 8.52. The third kappa shape index (κ3) is 5.46. The molecule has 1 N–H and O–H groups in total. The van der Waals surface area contributed by atoms with Gasteiger partial charge in [-0.15, -0.1) is 0 Å². The van der Waals surface area contributed by atoms with Crippen LogP contribution < -0.4 is 9.46 Å². The number of aromatic nitrogens is 2. The van der Waals surface area contributed by atoms with Gasteiger partial charge in [0.1, 0.15) is 5.75 Å². The maximum atomic E-state index is 12.7. The first-order chi connectivity index (χ1) is 13.1. The first kappa shape index (κ1) is 20.6. The predicted molar refractivity (Wildman–Crippen MR) is 94.8 cm³/mol. The molecule has 1 aliphatic heterocycles. The number of ether oxygens (including phenoxy) is 2. The molecule has 0 bridgehead atoms. The van der Waals surface area contributed by atoms with Crippen molar-refractivity contribution < 1.29 is 31.1 Å². The van der Waals surface area contributed by atoms with Crippen LogP contribution in [-0.4, -0.2) is 50.3 Å². The van der Waals surface area contributed by atoms with E-state index in [9.17, 15) is 21.6 Å². The zero-order valence-electron chi connectivity index (χ0n) is 15.0. The Hall–Kier alpha value is -2.11. The summed E-state index contributed by atoms with van der Waals surface area (Å²) in [5, 5.41) is 3.72. The van der Waals surface area contributed by atoms with Crippen LogP contribution in [0.1, 0.15) is 12.0 Å². The van der Waals surface area contributed by atoms with Crippen molar-refractivity contribution in [2.45, 2.75) is 18.6 Å². The summed E-state index contributed by atoms with van der Waals surface area (Å²) < 4.78 is 75.8. The van der Waals surface area contributed by atoms with Crippen LogP contribution >= 0.6 is 0 Å². The van der Waals surface area contributed by atoms with Gasteiger partial charge in [-0.2, -0.15) is 18.3 Å². The van der Waals surface area contributed by atoms with E-state index in [1.807, 2.05) is 0 Å². The van der Waals surface area contributed by atoms with Crippen molar-refractivity contribution >= 4 is 10.0 Å². The third-order valence-electron chi connectivity index (χ3n) is 4.31. The van der Waals surface area contributed by atoms with Gasteiger partial charge < -0.3 is 9.47 Å². The van der Waals surface area contributed by atoms with Crippen molar-refractivity contribution in [3.8, 4) is 11.4 Å². The molecule has 0 spiro atoms. The topological polar surface area (TPSA) is 82.5 Å². The molecule has 1 aromatic heterocycles. The van der Waals surface area contributed by atoms with Crippen LogP contribution in [0.3, 0.4) is 0 Å². The molecular weight excluding hydrogens is 399 g/mol. The number of halogens is 3. The highest BCUT2D eigenvalue weighted by Gasteiger charge is 2.32. The molecule has 0 aliphatic carbocycles. The van der Waals surface area contributed by atoms with Crippen LogP contribution in [0.5, 0.6) is 5.75 Å². The molecule has 2 atom stereocenters. The molecule has 1 fully saturated rings. The summed E-state index contributed by atoms with van der Waals surface area (Å²) in [7, 11) is -3.34. The van der Waals surface area contributed by atoms with Gasteiger partial charge in [-0.3, -0.25) is 0 Å². The van der Waals surface area contributed by atoms with Crippen molar-refractivity contribution in [2.24, 2.45) is 5.92 Å².